The van der Waals surface area contributed by atoms with Crippen LogP contribution in [0.4, 0.5) is 5.69 Å². The maximum absolute atomic E-state index is 12.1. The fourth-order valence-electron chi connectivity index (χ4n) is 2.93. The largest absolute Gasteiger partial charge is 0.451 e. The van der Waals surface area contributed by atoms with Crippen LogP contribution in [0.25, 0.3) is 0 Å². The molecule has 1 atom stereocenters. The van der Waals surface area contributed by atoms with Gasteiger partial charge in [0.25, 0.3) is 5.91 Å². The fraction of sp³-hybridized carbons (Fsp3) is 0.526. The number of benzene rings is 1. The standard InChI is InChI=1S/C19H26N2O4/c1-13-7-6-10-16(11-13)21-18(23)14(2)25-17(22)12-20-19(24)15-8-4-3-5-9-15/h6-7,10-11,14-15H,3-5,8-9,12H2,1-2H3,(H,20,24)(H,21,23)/t14-/m1/s1. The Kier molecular flexibility index (Phi) is 6.98. The van der Waals surface area contributed by atoms with E-state index in [2.05, 4.69) is 10.6 Å². The summed E-state index contributed by atoms with van der Waals surface area (Å²) < 4.78 is 5.09. The molecule has 0 spiro atoms. The first-order valence-electron chi connectivity index (χ1n) is 8.80. The second-order valence-corrected chi connectivity index (χ2v) is 6.54. The van der Waals surface area contributed by atoms with Gasteiger partial charge in [0.05, 0.1) is 0 Å². The van der Waals surface area contributed by atoms with Gasteiger partial charge in [-0.1, -0.05) is 31.4 Å². The molecular formula is C19H26N2O4. The average Bonchev–Trinajstić information content (AvgIpc) is 2.60. The van der Waals surface area contributed by atoms with Crippen LogP contribution in [0.3, 0.4) is 0 Å². The Bertz CT molecular complexity index is 624. The number of carbonyl (C=O) groups excluding carboxylic acids is 3. The molecule has 1 aromatic carbocycles. The van der Waals surface area contributed by atoms with Crippen molar-refractivity contribution in [2.75, 3.05) is 11.9 Å². The molecule has 0 bridgehead atoms. The summed E-state index contributed by atoms with van der Waals surface area (Å²) in [6, 6.07) is 7.36. The van der Waals surface area contributed by atoms with Gasteiger partial charge in [0.2, 0.25) is 5.91 Å². The van der Waals surface area contributed by atoms with Crippen LogP contribution in [0.5, 0.6) is 0 Å². The molecule has 2 rings (SSSR count). The van der Waals surface area contributed by atoms with Crippen LogP contribution in [0.15, 0.2) is 24.3 Å². The molecule has 6 heteroatoms. The number of anilines is 1. The van der Waals surface area contributed by atoms with E-state index in [4.69, 9.17) is 4.74 Å². The predicted molar refractivity (Wildman–Crippen MR) is 94.9 cm³/mol. The number of rotatable bonds is 6. The molecule has 0 unspecified atom stereocenters. The van der Waals surface area contributed by atoms with E-state index < -0.39 is 18.0 Å². The highest BCUT2D eigenvalue weighted by molar-refractivity contribution is 5.95. The Morgan fingerprint density at radius 2 is 1.92 bits per heavy atom. The first-order chi connectivity index (χ1) is 12.0. The number of hydrogen-bond donors (Lipinski definition) is 2. The first kappa shape index (κ1) is 19.0. The third-order valence-electron chi connectivity index (χ3n) is 4.35. The molecular weight excluding hydrogens is 320 g/mol. The molecule has 2 N–H and O–H groups in total. The smallest absolute Gasteiger partial charge is 0.326 e. The summed E-state index contributed by atoms with van der Waals surface area (Å²) >= 11 is 0. The second-order valence-electron chi connectivity index (χ2n) is 6.54. The lowest BCUT2D eigenvalue weighted by Gasteiger charge is -2.20. The topological polar surface area (TPSA) is 84.5 Å². The van der Waals surface area contributed by atoms with E-state index in [-0.39, 0.29) is 18.4 Å². The molecule has 0 aliphatic heterocycles. The maximum atomic E-state index is 12.1. The van der Waals surface area contributed by atoms with Crippen LogP contribution < -0.4 is 10.6 Å². The van der Waals surface area contributed by atoms with Crippen molar-refractivity contribution in [1.29, 1.82) is 0 Å². The predicted octanol–water partition coefficient (Wildman–Crippen LogP) is 2.56. The zero-order valence-electron chi connectivity index (χ0n) is 14.8. The van der Waals surface area contributed by atoms with E-state index in [0.29, 0.717) is 5.69 Å². The molecule has 6 nitrogen and oxygen atoms in total. The van der Waals surface area contributed by atoms with E-state index in [1.165, 1.54) is 13.3 Å². The van der Waals surface area contributed by atoms with Gasteiger partial charge in [-0.15, -0.1) is 0 Å². The average molecular weight is 346 g/mol. The molecule has 1 aliphatic rings. The van der Waals surface area contributed by atoms with Gasteiger partial charge in [-0.3, -0.25) is 14.4 Å². The molecule has 0 saturated heterocycles. The lowest BCUT2D eigenvalue weighted by atomic mass is 9.89. The summed E-state index contributed by atoms with van der Waals surface area (Å²) in [5.41, 5.74) is 1.67. The summed E-state index contributed by atoms with van der Waals surface area (Å²) in [7, 11) is 0. The first-order valence-corrected chi connectivity index (χ1v) is 8.80. The van der Waals surface area contributed by atoms with Gasteiger partial charge in [0.15, 0.2) is 6.10 Å². The van der Waals surface area contributed by atoms with Crippen molar-refractivity contribution in [3.8, 4) is 0 Å². The minimum atomic E-state index is -0.931. The second kappa shape index (κ2) is 9.20. The van der Waals surface area contributed by atoms with E-state index in [1.54, 1.807) is 6.07 Å². The quantitative estimate of drug-likeness (QED) is 0.775. The van der Waals surface area contributed by atoms with E-state index in [1.807, 2.05) is 25.1 Å². The van der Waals surface area contributed by atoms with E-state index in [0.717, 1.165) is 31.2 Å². The number of esters is 1. The number of nitrogens with one attached hydrogen (secondary N) is 2. The lowest BCUT2D eigenvalue weighted by molar-refractivity contribution is -0.153. The number of amides is 2. The highest BCUT2D eigenvalue weighted by Gasteiger charge is 2.23. The third-order valence-corrected chi connectivity index (χ3v) is 4.35. The molecule has 1 fully saturated rings. The summed E-state index contributed by atoms with van der Waals surface area (Å²) in [5, 5.41) is 5.31. The fourth-order valence-corrected chi connectivity index (χ4v) is 2.93. The highest BCUT2D eigenvalue weighted by atomic mass is 16.5. The molecule has 1 aliphatic carbocycles. The van der Waals surface area contributed by atoms with Crippen LogP contribution in [-0.2, 0) is 19.1 Å². The summed E-state index contributed by atoms with van der Waals surface area (Å²) in [6.07, 6.45) is 4.09. The SMILES string of the molecule is Cc1cccc(NC(=O)[C@@H](C)OC(=O)CNC(=O)C2CCCCC2)c1. The van der Waals surface area contributed by atoms with Gasteiger partial charge in [-0.05, 0) is 44.4 Å². The molecule has 25 heavy (non-hydrogen) atoms. The molecule has 2 amide bonds. The van der Waals surface area contributed by atoms with Gasteiger partial charge in [-0.25, -0.2) is 0 Å². The number of aryl methyl sites for hydroxylation is 1. The Hall–Kier alpha value is -2.37. The molecule has 0 aromatic heterocycles. The van der Waals surface area contributed by atoms with Crippen LogP contribution in [0.1, 0.15) is 44.6 Å². The van der Waals surface area contributed by atoms with Gasteiger partial charge in [0.1, 0.15) is 6.54 Å². The van der Waals surface area contributed by atoms with Gasteiger partial charge in [-0.2, -0.15) is 0 Å². The van der Waals surface area contributed by atoms with Crippen LogP contribution in [-0.4, -0.2) is 30.4 Å². The molecule has 1 saturated carbocycles. The summed E-state index contributed by atoms with van der Waals surface area (Å²) in [5.74, 6) is -1.13. The van der Waals surface area contributed by atoms with E-state index in [9.17, 15) is 14.4 Å². The Labute approximate surface area is 148 Å². The van der Waals surface area contributed by atoms with Crippen molar-refractivity contribution in [1.82, 2.24) is 5.32 Å². The number of carbonyl (C=O) groups is 3. The summed E-state index contributed by atoms with van der Waals surface area (Å²) in [4.78, 5) is 35.9. The normalized spacial score (nSPS) is 15.9. The van der Waals surface area contributed by atoms with Gasteiger partial charge >= 0.3 is 5.97 Å². The lowest BCUT2D eigenvalue weighted by Crippen LogP contribution is -2.38. The Balaban J connectivity index is 1.73. The van der Waals surface area contributed by atoms with Crippen molar-refractivity contribution < 1.29 is 19.1 Å². The van der Waals surface area contributed by atoms with Crippen LogP contribution in [0, 0.1) is 12.8 Å². The molecule has 0 heterocycles. The zero-order chi connectivity index (χ0) is 18.2. The Morgan fingerprint density at radius 3 is 2.60 bits per heavy atom. The minimum Gasteiger partial charge on any atom is -0.451 e. The van der Waals surface area contributed by atoms with Crippen LogP contribution >= 0.6 is 0 Å². The Morgan fingerprint density at radius 1 is 1.20 bits per heavy atom. The monoisotopic (exact) mass is 346 g/mol. The van der Waals surface area contributed by atoms with Gasteiger partial charge < -0.3 is 15.4 Å². The van der Waals surface area contributed by atoms with E-state index >= 15 is 0 Å². The maximum Gasteiger partial charge on any atom is 0.326 e. The summed E-state index contributed by atoms with van der Waals surface area (Å²) in [6.45, 7) is 3.22. The number of hydrogen-bond acceptors (Lipinski definition) is 4. The molecule has 0 radical (unpaired) electrons. The third kappa shape index (κ3) is 6.21. The van der Waals surface area contributed by atoms with Crippen molar-refractivity contribution in [3.63, 3.8) is 0 Å². The zero-order valence-corrected chi connectivity index (χ0v) is 14.8. The van der Waals surface area contributed by atoms with Crippen molar-refractivity contribution >= 4 is 23.5 Å². The van der Waals surface area contributed by atoms with Crippen molar-refractivity contribution in [2.24, 2.45) is 5.92 Å². The number of ether oxygens (including phenoxy) is 1. The van der Waals surface area contributed by atoms with Gasteiger partial charge in [0, 0.05) is 11.6 Å². The van der Waals surface area contributed by atoms with Crippen molar-refractivity contribution in [3.05, 3.63) is 29.8 Å². The molecule has 136 valence electrons. The molecule has 1 aromatic rings. The van der Waals surface area contributed by atoms with Crippen molar-refractivity contribution in [2.45, 2.75) is 52.1 Å². The minimum absolute atomic E-state index is 0.0106. The highest BCUT2D eigenvalue weighted by Crippen LogP contribution is 2.23. The van der Waals surface area contributed by atoms with Crippen LogP contribution in [0.2, 0.25) is 0 Å².